The number of nitrogens with one attached hydrogen (secondary N) is 2. The smallest absolute Gasteiger partial charge is 0.224 e. The summed E-state index contributed by atoms with van der Waals surface area (Å²) in [6.07, 6.45) is 6.12. The third-order valence-corrected chi connectivity index (χ3v) is 4.48. The van der Waals surface area contributed by atoms with Crippen molar-refractivity contribution >= 4 is 16.8 Å². The lowest BCUT2D eigenvalue weighted by atomic mass is 10.0. The topological polar surface area (TPSA) is 48.1 Å². The number of rotatable bonds is 4. The Labute approximate surface area is 125 Å². The summed E-state index contributed by atoms with van der Waals surface area (Å²) in [5.74, 6) is 0.110. The van der Waals surface area contributed by atoms with Gasteiger partial charge >= 0.3 is 0 Å². The van der Waals surface area contributed by atoms with E-state index in [0.29, 0.717) is 12.5 Å². The molecular weight excluding hydrogens is 262 g/mol. The van der Waals surface area contributed by atoms with Crippen LogP contribution >= 0.6 is 0 Å². The summed E-state index contributed by atoms with van der Waals surface area (Å²) in [6.45, 7) is 1.90. The number of H-pyrrole nitrogens is 1. The lowest BCUT2D eigenvalue weighted by molar-refractivity contribution is -0.120. The highest BCUT2D eigenvalue weighted by atomic mass is 16.1. The van der Waals surface area contributed by atoms with Gasteiger partial charge in [-0.1, -0.05) is 24.6 Å². The zero-order valence-corrected chi connectivity index (χ0v) is 12.6. The van der Waals surface area contributed by atoms with E-state index in [1.807, 2.05) is 24.4 Å². The molecule has 112 valence electrons. The molecule has 1 aliphatic heterocycles. The Morgan fingerprint density at radius 1 is 1.38 bits per heavy atom. The van der Waals surface area contributed by atoms with Crippen LogP contribution in [0, 0.1) is 0 Å². The first-order valence-electron chi connectivity index (χ1n) is 7.76. The minimum atomic E-state index is 0.110. The number of fused-ring (bicyclic) bond motifs is 1. The number of carbonyl (C=O) groups excluding carboxylic acids is 1. The fourth-order valence-electron chi connectivity index (χ4n) is 3.15. The number of nitrogens with zero attached hydrogens (tertiary/aromatic N) is 1. The first-order chi connectivity index (χ1) is 10.2. The van der Waals surface area contributed by atoms with Crippen LogP contribution in [0.15, 0.2) is 30.5 Å². The Morgan fingerprint density at radius 3 is 3.10 bits per heavy atom. The zero-order valence-electron chi connectivity index (χ0n) is 12.6. The maximum absolute atomic E-state index is 12.2. The molecule has 4 heteroatoms. The van der Waals surface area contributed by atoms with Crippen LogP contribution in [0.2, 0.25) is 0 Å². The molecule has 1 fully saturated rings. The van der Waals surface area contributed by atoms with Gasteiger partial charge in [0.25, 0.3) is 0 Å². The van der Waals surface area contributed by atoms with E-state index >= 15 is 0 Å². The minimum absolute atomic E-state index is 0.110. The van der Waals surface area contributed by atoms with Gasteiger partial charge in [-0.05, 0) is 38.1 Å². The van der Waals surface area contributed by atoms with Crippen LogP contribution in [-0.4, -0.2) is 42.0 Å². The van der Waals surface area contributed by atoms with Crippen molar-refractivity contribution in [2.75, 3.05) is 20.1 Å². The number of benzene rings is 1. The average Bonchev–Trinajstić information content (AvgIpc) is 2.90. The third-order valence-electron chi connectivity index (χ3n) is 4.48. The van der Waals surface area contributed by atoms with Crippen molar-refractivity contribution < 1.29 is 4.79 Å². The van der Waals surface area contributed by atoms with Crippen LogP contribution in [0.1, 0.15) is 24.8 Å². The maximum atomic E-state index is 12.2. The Morgan fingerprint density at radius 2 is 2.24 bits per heavy atom. The molecule has 0 bridgehead atoms. The molecule has 0 radical (unpaired) electrons. The molecule has 2 heterocycles. The van der Waals surface area contributed by atoms with Crippen molar-refractivity contribution in [1.29, 1.82) is 0 Å². The molecular formula is C17H23N3O. The molecule has 0 spiro atoms. The van der Waals surface area contributed by atoms with Gasteiger partial charge in [-0.15, -0.1) is 0 Å². The number of likely N-dealkylation sites (N-methyl/N-ethyl adjacent to an activating group) is 1. The summed E-state index contributed by atoms with van der Waals surface area (Å²) in [4.78, 5) is 17.7. The van der Waals surface area contributed by atoms with Gasteiger partial charge in [-0.3, -0.25) is 4.79 Å². The maximum Gasteiger partial charge on any atom is 0.224 e. The predicted octanol–water partition coefficient (Wildman–Crippen LogP) is 2.31. The molecule has 1 saturated heterocycles. The van der Waals surface area contributed by atoms with E-state index in [4.69, 9.17) is 0 Å². The SMILES string of the molecule is CN1CCCCC1CNC(=O)Cc1c[nH]c2ccccc12. The van der Waals surface area contributed by atoms with Gasteiger partial charge in [0.1, 0.15) is 0 Å². The molecule has 4 nitrogen and oxygen atoms in total. The minimum Gasteiger partial charge on any atom is -0.361 e. The van der Waals surface area contributed by atoms with Crippen molar-refractivity contribution in [1.82, 2.24) is 15.2 Å². The number of hydrogen-bond donors (Lipinski definition) is 2. The summed E-state index contributed by atoms with van der Waals surface area (Å²) < 4.78 is 0. The van der Waals surface area contributed by atoms with Gasteiger partial charge in [0.15, 0.2) is 0 Å². The van der Waals surface area contributed by atoms with E-state index in [0.717, 1.165) is 29.6 Å². The molecule has 0 aliphatic carbocycles. The number of likely N-dealkylation sites (tertiary alicyclic amines) is 1. The molecule has 1 aromatic heterocycles. The highest BCUT2D eigenvalue weighted by Gasteiger charge is 2.19. The fourth-order valence-corrected chi connectivity index (χ4v) is 3.15. The monoisotopic (exact) mass is 285 g/mol. The largest absolute Gasteiger partial charge is 0.361 e. The second kappa shape index (κ2) is 6.31. The molecule has 1 unspecified atom stereocenters. The highest BCUT2D eigenvalue weighted by molar-refractivity contribution is 5.88. The predicted molar refractivity (Wildman–Crippen MR) is 85.3 cm³/mol. The quantitative estimate of drug-likeness (QED) is 0.905. The summed E-state index contributed by atoms with van der Waals surface area (Å²) in [5, 5.41) is 4.23. The second-order valence-corrected chi connectivity index (χ2v) is 5.97. The van der Waals surface area contributed by atoms with Crippen LogP contribution < -0.4 is 5.32 Å². The zero-order chi connectivity index (χ0) is 14.7. The summed E-state index contributed by atoms with van der Waals surface area (Å²) in [5.41, 5.74) is 2.16. The van der Waals surface area contributed by atoms with Gasteiger partial charge in [-0.25, -0.2) is 0 Å². The van der Waals surface area contributed by atoms with Crippen LogP contribution in [0.3, 0.4) is 0 Å². The van der Waals surface area contributed by atoms with Gasteiger partial charge in [0.05, 0.1) is 6.42 Å². The lowest BCUT2D eigenvalue weighted by Gasteiger charge is -2.32. The van der Waals surface area contributed by atoms with Crippen molar-refractivity contribution in [3.63, 3.8) is 0 Å². The number of piperidine rings is 1. The van der Waals surface area contributed by atoms with E-state index in [1.165, 1.54) is 19.3 Å². The van der Waals surface area contributed by atoms with Crippen LogP contribution in [0.25, 0.3) is 10.9 Å². The highest BCUT2D eigenvalue weighted by Crippen LogP contribution is 2.18. The molecule has 2 N–H and O–H groups in total. The molecule has 3 rings (SSSR count). The molecule has 1 atom stereocenters. The molecule has 21 heavy (non-hydrogen) atoms. The Balaban J connectivity index is 1.56. The lowest BCUT2D eigenvalue weighted by Crippen LogP contribution is -2.44. The standard InChI is InChI=1S/C17H23N3O/c1-20-9-5-4-6-14(20)12-19-17(21)10-13-11-18-16-8-3-2-7-15(13)16/h2-3,7-8,11,14,18H,4-6,9-10,12H2,1H3,(H,19,21). The molecule has 0 saturated carbocycles. The molecule has 2 aromatic rings. The number of carbonyl (C=O) groups is 1. The number of aromatic nitrogens is 1. The fraction of sp³-hybridized carbons (Fsp3) is 0.471. The summed E-state index contributed by atoms with van der Waals surface area (Å²) in [7, 11) is 2.15. The van der Waals surface area contributed by atoms with E-state index in [-0.39, 0.29) is 5.91 Å². The first kappa shape index (κ1) is 14.1. The first-order valence-corrected chi connectivity index (χ1v) is 7.76. The van der Waals surface area contributed by atoms with Crippen molar-refractivity contribution in [3.05, 3.63) is 36.0 Å². The van der Waals surface area contributed by atoms with Crippen LogP contribution in [0.5, 0.6) is 0 Å². The number of hydrogen-bond acceptors (Lipinski definition) is 2. The Bertz CT molecular complexity index is 619. The van der Waals surface area contributed by atoms with Crippen molar-refractivity contribution in [2.45, 2.75) is 31.7 Å². The van der Waals surface area contributed by atoms with Gasteiger partial charge < -0.3 is 15.2 Å². The average molecular weight is 285 g/mol. The summed E-state index contributed by atoms with van der Waals surface area (Å²) >= 11 is 0. The van der Waals surface area contributed by atoms with E-state index in [2.05, 4.69) is 28.3 Å². The van der Waals surface area contributed by atoms with Crippen LogP contribution in [0.4, 0.5) is 0 Å². The van der Waals surface area contributed by atoms with E-state index < -0.39 is 0 Å². The second-order valence-electron chi connectivity index (χ2n) is 5.97. The Hall–Kier alpha value is -1.81. The van der Waals surface area contributed by atoms with Crippen molar-refractivity contribution in [2.24, 2.45) is 0 Å². The number of para-hydroxylation sites is 1. The normalized spacial score (nSPS) is 19.8. The van der Waals surface area contributed by atoms with E-state index in [1.54, 1.807) is 0 Å². The van der Waals surface area contributed by atoms with Gasteiger partial charge in [0.2, 0.25) is 5.91 Å². The summed E-state index contributed by atoms with van der Waals surface area (Å²) in [6, 6.07) is 8.60. The Kier molecular flexibility index (Phi) is 4.25. The molecule has 1 aromatic carbocycles. The number of amides is 1. The van der Waals surface area contributed by atoms with Crippen molar-refractivity contribution in [3.8, 4) is 0 Å². The van der Waals surface area contributed by atoms with Gasteiger partial charge in [0, 0.05) is 29.7 Å². The van der Waals surface area contributed by atoms with Crippen LogP contribution in [-0.2, 0) is 11.2 Å². The van der Waals surface area contributed by atoms with Gasteiger partial charge in [-0.2, -0.15) is 0 Å². The third kappa shape index (κ3) is 3.27. The molecule has 1 amide bonds. The molecule has 1 aliphatic rings. The van der Waals surface area contributed by atoms with E-state index in [9.17, 15) is 4.79 Å². The number of aromatic amines is 1.